The molecule has 2 aromatic rings. The van der Waals surface area contributed by atoms with Crippen molar-refractivity contribution in [1.82, 2.24) is 10.2 Å². The number of anilines is 3. The zero-order chi connectivity index (χ0) is 20.8. The molecule has 3 rings (SSSR count). The zero-order valence-corrected chi connectivity index (χ0v) is 17.4. The van der Waals surface area contributed by atoms with Crippen LogP contribution in [0, 0.1) is 5.92 Å². The van der Waals surface area contributed by atoms with E-state index >= 15 is 0 Å². The van der Waals surface area contributed by atoms with Gasteiger partial charge < -0.3 is 15.5 Å². The second kappa shape index (κ2) is 9.60. The van der Waals surface area contributed by atoms with Crippen LogP contribution in [-0.4, -0.2) is 34.5 Å². The quantitative estimate of drug-likeness (QED) is 0.644. The molecule has 1 aliphatic rings. The lowest BCUT2D eigenvalue weighted by Crippen LogP contribution is -2.28. The molecule has 2 N–H and O–H groups in total. The van der Waals surface area contributed by atoms with Crippen LogP contribution in [0.25, 0.3) is 0 Å². The molecular weight excluding hydrogens is 390 g/mol. The number of rotatable bonds is 8. The number of carbonyl (C=O) groups excluding carboxylic acids is 3. The van der Waals surface area contributed by atoms with Crippen molar-refractivity contribution in [3.63, 3.8) is 0 Å². The highest BCUT2D eigenvalue weighted by Gasteiger charge is 2.35. The molecule has 0 spiro atoms. The van der Waals surface area contributed by atoms with Crippen LogP contribution in [0.4, 0.5) is 16.5 Å². The Labute approximate surface area is 173 Å². The molecule has 1 fully saturated rings. The Bertz CT molecular complexity index is 880. The third-order valence-corrected chi connectivity index (χ3v) is 5.58. The Morgan fingerprint density at radius 3 is 2.62 bits per heavy atom. The average Bonchev–Trinajstić information content (AvgIpc) is 3.29. The fraction of sp³-hybridized carbons (Fsp3) is 0.450. The molecule has 1 saturated heterocycles. The summed E-state index contributed by atoms with van der Waals surface area (Å²) in [5.41, 5.74) is 1.36. The first-order valence-corrected chi connectivity index (χ1v) is 10.6. The maximum atomic E-state index is 12.6. The molecule has 9 heteroatoms. The first kappa shape index (κ1) is 20.9. The van der Waals surface area contributed by atoms with Crippen LogP contribution < -0.4 is 15.5 Å². The molecular formula is C20H25N5O3S. The lowest BCUT2D eigenvalue weighted by Gasteiger charge is -2.17. The summed E-state index contributed by atoms with van der Waals surface area (Å²) in [5, 5.41) is 15.0. The lowest BCUT2D eigenvalue weighted by atomic mass is 10.1. The number of aryl methyl sites for hydroxylation is 1. The Morgan fingerprint density at radius 2 is 1.93 bits per heavy atom. The van der Waals surface area contributed by atoms with Crippen molar-refractivity contribution in [3.8, 4) is 0 Å². The largest absolute Gasteiger partial charge is 0.326 e. The minimum atomic E-state index is -0.440. The van der Waals surface area contributed by atoms with E-state index in [1.54, 1.807) is 29.2 Å². The Morgan fingerprint density at radius 1 is 1.17 bits per heavy atom. The molecule has 0 radical (unpaired) electrons. The second-order valence-corrected chi connectivity index (χ2v) is 8.14. The lowest BCUT2D eigenvalue weighted by molar-refractivity contribution is -0.122. The van der Waals surface area contributed by atoms with Gasteiger partial charge in [0.05, 0.1) is 5.92 Å². The second-order valence-electron chi connectivity index (χ2n) is 7.08. The highest BCUT2D eigenvalue weighted by Crippen LogP contribution is 2.27. The van der Waals surface area contributed by atoms with E-state index in [9.17, 15) is 14.4 Å². The molecule has 0 saturated carbocycles. The highest BCUT2D eigenvalue weighted by atomic mass is 32.1. The molecule has 154 valence electrons. The number of unbranched alkanes of at least 4 members (excludes halogenated alkanes) is 2. The van der Waals surface area contributed by atoms with Gasteiger partial charge in [-0.15, -0.1) is 10.2 Å². The number of benzene rings is 1. The van der Waals surface area contributed by atoms with E-state index in [2.05, 4.69) is 27.8 Å². The monoisotopic (exact) mass is 415 g/mol. The number of carbonyl (C=O) groups is 3. The smallest absolute Gasteiger partial charge is 0.231 e. The Balaban J connectivity index is 1.56. The van der Waals surface area contributed by atoms with E-state index in [0.717, 1.165) is 30.7 Å². The maximum absolute atomic E-state index is 12.6. The van der Waals surface area contributed by atoms with Crippen molar-refractivity contribution in [2.45, 2.75) is 46.0 Å². The van der Waals surface area contributed by atoms with Crippen LogP contribution in [0.5, 0.6) is 0 Å². The van der Waals surface area contributed by atoms with Gasteiger partial charge in [0.2, 0.25) is 22.9 Å². The minimum absolute atomic E-state index is 0.102. The SMILES string of the molecule is CCCCCc1nnc(NC(=O)C2CC(=O)N(c3ccc(NC(C)=O)cc3)C2)s1. The van der Waals surface area contributed by atoms with Crippen molar-refractivity contribution in [2.75, 3.05) is 22.1 Å². The van der Waals surface area contributed by atoms with Crippen molar-refractivity contribution in [2.24, 2.45) is 5.92 Å². The van der Waals surface area contributed by atoms with E-state index in [1.807, 2.05) is 0 Å². The fourth-order valence-corrected chi connectivity index (χ4v) is 3.98. The average molecular weight is 416 g/mol. The molecule has 1 aromatic heterocycles. The molecule has 0 aliphatic carbocycles. The molecule has 2 heterocycles. The molecule has 0 bridgehead atoms. The molecule has 8 nitrogen and oxygen atoms in total. The van der Waals surface area contributed by atoms with Crippen LogP contribution in [-0.2, 0) is 20.8 Å². The van der Waals surface area contributed by atoms with Gasteiger partial charge in [0.15, 0.2) is 0 Å². The standard InChI is InChI=1S/C20H25N5O3S/c1-3-4-5-6-17-23-24-20(29-17)22-19(28)14-11-18(27)25(12-14)16-9-7-15(8-10-16)21-13(2)26/h7-10,14H,3-6,11-12H2,1-2H3,(H,21,26)(H,22,24,28). The van der Waals surface area contributed by atoms with Gasteiger partial charge >= 0.3 is 0 Å². The number of hydrogen-bond acceptors (Lipinski definition) is 6. The minimum Gasteiger partial charge on any atom is -0.326 e. The van der Waals surface area contributed by atoms with Gasteiger partial charge in [-0.2, -0.15) is 0 Å². The summed E-state index contributed by atoms with van der Waals surface area (Å²) in [6.07, 6.45) is 4.37. The topological polar surface area (TPSA) is 104 Å². The number of nitrogens with one attached hydrogen (secondary N) is 2. The van der Waals surface area contributed by atoms with Crippen LogP contribution in [0.1, 0.15) is 44.5 Å². The predicted octanol–water partition coefficient (Wildman–Crippen LogP) is 3.22. The summed E-state index contributed by atoms with van der Waals surface area (Å²) in [6.45, 7) is 3.90. The molecule has 1 unspecified atom stereocenters. The first-order chi connectivity index (χ1) is 14.0. The van der Waals surface area contributed by atoms with Gasteiger partial charge in [-0.05, 0) is 30.7 Å². The van der Waals surface area contributed by atoms with Gasteiger partial charge in [-0.25, -0.2) is 0 Å². The molecule has 29 heavy (non-hydrogen) atoms. The van der Waals surface area contributed by atoms with Crippen molar-refractivity contribution >= 4 is 45.6 Å². The van der Waals surface area contributed by atoms with Gasteiger partial charge in [-0.3, -0.25) is 14.4 Å². The molecule has 1 aliphatic heterocycles. The van der Waals surface area contributed by atoms with Gasteiger partial charge in [0.25, 0.3) is 0 Å². The van der Waals surface area contributed by atoms with Gasteiger partial charge in [-0.1, -0.05) is 31.1 Å². The Kier molecular flexibility index (Phi) is 6.92. The van der Waals surface area contributed by atoms with Crippen LogP contribution in [0.2, 0.25) is 0 Å². The summed E-state index contributed by atoms with van der Waals surface area (Å²) in [5.74, 6) is -0.913. The summed E-state index contributed by atoms with van der Waals surface area (Å²) >= 11 is 1.39. The Hall–Kier alpha value is -2.81. The number of nitrogens with zero attached hydrogens (tertiary/aromatic N) is 3. The number of hydrogen-bond donors (Lipinski definition) is 2. The van der Waals surface area contributed by atoms with Crippen molar-refractivity contribution in [1.29, 1.82) is 0 Å². The molecule has 1 atom stereocenters. The van der Waals surface area contributed by atoms with Crippen molar-refractivity contribution < 1.29 is 14.4 Å². The van der Waals surface area contributed by atoms with E-state index in [0.29, 0.717) is 23.1 Å². The molecule has 3 amide bonds. The number of aromatic nitrogens is 2. The maximum Gasteiger partial charge on any atom is 0.231 e. The summed E-state index contributed by atoms with van der Waals surface area (Å²) in [6, 6.07) is 6.99. The van der Waals surface area contributed by atoms with E-state index in [4.69, 9.17) is 0 Å². The van der Waals surface area contributed by atoms with E-state index in [1.165, 1.54) is 18.3 Å². The van der Waals surface area contributed by atoms with Crippen molar-refractivity contribution in [3.05, 3.63) is 29.3 Å². The van der Waals surface area contributed by atoms with Crippen LogP contribution in [0.15, 0.2) is 24.3 Å². The number of amides is 3. The third-order valence-electron chi connectivity index (χ3n) is 4.69. The third kappa shape index (κ3) is 5.60. The zero-order valence-electron chi connectivity index (χ0n) is 16.6. The highest BCUT2D eigenvalue weighted by molar-refractivity contribution is 7.15. The normalized spacial score (nSPS) is 16.1. The van der Waals surface area contributed by atoms with Crippen LogP contribution in [0.3, 0.4) is 0 Å². The van der Waals surface area contributed by atoms with Crippen LogP contribution >= 0.6 is 11.3 Å². The van der Waals surface area contributed by atoms with Gasteiger partial charge in [0, 0.05) is 37.7 Å². The summed E-state index contributed by atoms with van der Waals surface area (Å²) in [7, 11) is 0. The molecule has 1 aromatic carbocycles. The summed E-state index contributed by atoms with van der Waals surface area (Å²) < 4.78 is 0. The first-order valence-electron chi connectivity index (χ1n) is 9.77. The summed E-state index contributed by atoms with van der Waals surface area (Å²) in [4.78, 5) is 37.7. The van der Waals surface area contributed by atoms with E-state index < -0.39 is 5.92 Å². The predicted molar refractivity (Wildman–Crippen MR) is 113 cm³/mol. The van der Waals surface area contributed by atoms with E-state index in [-0.39, 0.29) is 24.1 Å². The fourth-order valence-electron chi connectivity index (χ4n) is 3.20. The van der Waals surface area contributed by atoms with Gasteiger partial charge in [0.1, 0.15) is 5.01 Å².